The Bertz CT molecular complexity index is 3610. The summed E-state index contributed by atoms with van der Waals surface area (Å²) in [6, 6.07) is 70.5. The van der Waals surface area contributed by atoms with Gasteiger partial charge in [-0.15, -0.1) is 0 Å². The zero-order valence-electron chi connectivity index (χ0n) is 34.9. The Morgan fingerprint density at radius 2 is 1.02 bits per heavy atom. The molecule has 0 bridgehead atoms. The van der Waals surface area contributed by atoms with E-state index in [0.29, 0.717) is 12.4 Å². The van der Waals surface area contributed by atoms with E-state index in [0.717, 1.165) is 106 Å². The second kappa shape index (κ2) is 15.4. The molecular formula is C59H40N4O. The minimum absolute atomic E-state index is 0.453. The van der Waals surface area contributed by atoms with Crippen molar-refractivity contribution in [2.24, 2.45) is 0 Å². The summed E-state index contributed by atoms with van der Waals surface area (Å²) < 4.78 is 10.9. The fourth-order valence-corrected chi connectivity index (χ4v) is 9.40. The maximum atomic E-state index is 6.18. The molecule has 11 aromatic rings. The molecule has 5 nitrogen and oxygen atoms in total. The lowest BCUT2D eigenvalue weighted by Gasteiger charge is -2.15. The third-order valence-corrected chi connectivity index (χ3v) is 12.4. The van der Waals surface area contributed by atoms with E-state index in [2.05, 4.69) is 204 Å². The van der Waals surface area contributed by atoms with Crippen LogP contribution in [0, 0.1) is 0 Å². The Balaban J connectivity index is 1.14. The zero-order valence-corrected chi connectivity index (χ0v) is 34.9. The normalized spacial score (nSPS) is 14.1. The molecule has 0 aliphatic carbocycles. The molecule has 0 saturated carbocycles. The van der Waals surface area contributed by atoms with Gasteiger partial charge in [0.1, 0.15) is 12.4 Å². The first-order valence-corrected chi connectivity index (χ1v) is 21.6. The van der Waals surface area contributed by atoms with Gasteiger partial charge in [0.2, 0.25) is 0 Å². The predicted molar refractivity (Wildman–Crippen MR) is 266 cm³/mol. The van der Waals surface area contributed by atoms with Crippen LogP contribution >= 0.6 is 0 Å². The van der Waals surface area contributed by atoms with Crippen LogP contribution < -0.4 is 4.74 Å². The van der Waals surface area contributed by atoms with Crippen molar-refractivity contribution in [3.05, 3.63) is 231 Å². The molecule has 0 spiro atoms. The minimum Gasteiger partial charge on any atom is -0.489 e. The van der Waals surface area contributed by atoms with Crippen LogP contribution in [0.25, 0.3) is 106 Å². The molecule has 0 radical (unpaired) electrons. The smallest absolute Gasteiger partial charge is 0.161 e. The summed E-state index contributed by atoms with van der Waals surface area (Å²) in [6.45, 7) is 4.97. The summed E-state index contributed by atoms with van der Waals surface area (Å²) in [5, 5.41) is 4.64. The summed E-state index contributed by atoms with van der Waals surface area (Å²) >= 11 is 0. The number of rotatable bonds is 6. The molecule has 0 N–H and O–H groups in total. The Morgan fingerprint density at radius 3 is 1.72 bits per heavy atom. The second-order valence-corrected chi connectivity index (χ2v) is 16.2. The van der Waals surface area contributed by atoms with Crippen molar-refractivity contribution in [1.82, 2.24) is 19.1 Å². The number of allylic oxidation sites excluding steroid dienone is 4. The van der Waals surface area contributed by atoms with E-state index in [-0.39, 0.29) is 0 Å². The SMILES string of the molecule is C=C1/C=C(n2c3ccccc3c3cc(-c4cc5c6ccccc6n(-c6ccccc6)c5cc4-c4nc(-c5ccccc5)cc(-c5ccccc5)n4)ccc32)\C=C/COc2ccccc21. The van der Waals surface area contributed by atoms with Crippen molar-refractivity contribution < 1.29 is 4.74 Å². The third-order valence-electron chi connectivity index (χ3n) is 12.4. The van der Waals surface area contributed by atoms with Gasteiger partial charge in [-0.1, -0.05) is 146 Å². The van der Waals surface area contributed by atoms with Crippen molar-refractivity contribution >= 4 is 54.9 Å². The Kier molecular flexibility index (Phi) is 8.97. The number of benzene rings is 8. The number of hydrogen-bond donors (Lipinski definition) is 0. The maximum absolute atomic E-state index is 6.18. The van der Waals surface area contributed by atoms with Crippen molar-refractivity contribution in [1.29, 1.82) is 0 Å². The predicted octanol–water partition coefficient (Wildman–Crippen LogP) is 14.9. The molecule has 4 heterocycles. The summed E-state index contributed by atoms with van der Waals surface area (Å²) in [7, 11) is 0. The summed E-state index contributed by atoms with van der Waals surface area (Å²) in [5.74, 6) is 1.49. The number of fused-ring (bicyclic) bond motifs is 7. The highest BCUT2D eigenvalue weighted by molar-refractivity contribution is 6.15. The van der Waals surface area contributed by atoms with E-state index in [1.165, 1.54) is 5.39 Å². The van der Waals surface area contributed by atoms with Gasteiger partial charge in [-0.25, -0.2) is 9.97 Å². The molecule has 1 aliphatic heterocycles. The number of hydrogen-bond acceptors (Lipinski definition) is 3. The second-order valence-electron chi connectivity index (χ2n) is 16.2. The number of para-hydroxylation sites is 4. The number of nitrogens with zero attached hydrogens (tertiary/aromatic N) is 4. The molecule has 0 fully saturated rings. The molecule has 0 saturated heterocycles. The van der Waals surface area contributed by atoms with Crippen LogP contribution in [0.15, 0.2) is 225 Å². The van der Waals surface area contributed by atoms with Gasteiger partial charge in [-0.2, -0.15) is 0 Å². The highest BCUT2D eigenvalue weighted by atomic mass is 16.5. The Hall–Kier alpha value is -8.54. The molecule has 3 aromatic heterocycles. The topological polar surface area (TPSA) is 44.9 Å². The molecule has 1 aliphatic rings. The largest absolute Gasteiger partial charge is 0.489 e. The van der Waals surface area contributed by atoms with Crippen LogP contribution in [-0.4, -0.2) is 25.7 Å². The molecule has 8 aromatic carbocycles. The molecule has 5 heteroatoms. The summed E-state index contributed by atoms with van der Waals surface area (Å²) in [6.07, 6.45) is 6.39. The lowest BCUT2D eigenvalue weighted by atomic mass is 9.94. The van der Waals surface area contributed by atoms with Crippen LogP contribution in [-0.2, 0) is 0 Å². The van der Waals surface area contributed by atoms with Crippen LogP contribution in [0.1, 0.15) is 5.56 Å². The van der Waals surface area contributed by atoms with Gasteiger partial charge < -0.3 is 13.9 Å². The molecular weight excluding hydrogens is 781 g/mol. The van der Waals surface area contributed by atoms with E-state index in [1.54, 1.807) is 0 Å². The van der Waals surface area contributed by atoms with Crippen LogP contribution in [0.3, 0.4) is 0 Å². The zero-order chi connectivity index (χ0) is 42.6. The highest BCUT2D eigenvalue weighted by Crippen LogP contribution is 2.43. The number of ether oxygens (including phenoxy) is 1. The first-order chi connectivity index (χ1) is 31.7. The van der Waals surface area contributed by atoms with Crippen molar-refractivity contribution in [2.45, 2.75) is 0 Å². The van der Waals surface area contributed by atoms with Gasteiger partial charge in [0.15, 0.2) is 5.82 Å². The van der Waals surface area contributed by atoms with E-state index in [9.17, 15) is 0 Å². The van der Waals surface area contributed by atoms with Crippen molar-refractivity contribution in [2.75, 3.05) is 6.61 Å². The third kappa shape index (κ3) is 6.33. The monoisotopic (exact) mass is 820 g/mol. The van der Waals surface area contributed by atoms with Crippen LogP contribution in [0.2, 0.25) is 0 Å². The molecule has 12 rings (SSSR count). The molecule has 0 amide bonds. The minimum atomic E-state index is 0.453. The lowest BCUT2D eigenvalue weighted by Crippen LogP contribution is -1.99. The molecule has 0 atom stereocenters. The van der Waals surface area contributed by atoms with E-state index in [4.69, 9.17) is 14.7 Å². The van der Waals surface area contributed by atoms with Crippen LogP contribution in [0.4, 0.5) is 0 Å². The standard InChI is InChI=1S/C59H40N4O/c1-39-34-44(24-17-33-64-58-30-16-13-25-45(39)58)63-55-29-15-11-26-46(55)49-35-42(31-32-56(49)63)48-36-50-47-27-12-14-28-54(47)62(43-22-9-4-10-23-43)57(50)37-51(48)59-60-52(40-18-5-2-6-19-40)38-53(61-59)41-20-7-3-8-21-41/h2-32,34-38H,1,33H2/b24-17-,44-34+. The van der Waals surface area contributed by atoms with Crippen molar-refractivity contribution in [3.8, 4) is 56.5 Å². The summed E-state index contributed by atoms with van der Waals surface area (Å²) in [4.78, 5) is 10.8. The highest BCUT2D eigenvalue weighted by Gasteiger charge is 2.22. The van der Waals surface area contributed by atoms with Gasteiger partial charge in [-0.3, -0.25) is 0 Å². The molecule has 0 unspecified atom stereocenters. The van der Waals surface area contributed by atoms with Gasteiger partial charge in [0, 0.05) is 55.2 Å². The first-order valence-electron chi connectivity index (χ1n) is 21.6. The van der Waals surface area contributed by atoms with Gasteiger partial charge in [0.25, 0.3) is 0 Å². The van der Waals surface area contributed by atoms with E-state index < -0.39 is 0 Å². The quantitative estimate of drug-likeness (QED) is 0.168. The van der Waals surface area contributed by atoms with E-state index >= 15 is 0 Å². The van der Waals surface area contributed by atoms with Gasteiger partial charge in [0.05, 0.1) is 33.5 Å². The van der Waals surface area contributed by atoms with Crippen molar-refractivity contribution in [3.63, 3.8) is 0 Å². The van der Waals surface area contributed by atoms with Gasteiger partial charge >= 0.3 is 0 Å². The fraction of sp³-hybridized carbons (Fsp3) is 0.0169. The van der Waals surface area contributed by atoms with E-state index in [1.807, 2.05) is 30.3 Å². The Labute approximate surface area is 370 Å². The lowest BCUT2D eigenvalue weighted by molar-refractivity contribution is 0.362. The first kappa shape index (κ1) is 37.2. The van der Waals surface area contributed by atoms with Crippen LogP contribution in [0.5, 0.6) is 5.75 Å². The Morgan fingerprint density at radius 1 is 0.438 bits per heavy atom. The molecule has 64 heavy (non-hydrogen) atoms. The fourth-order valence-electron chi connectivity index (χ4n) is 9.40. The average Bonchev–Trinajstić information content (AvgIpc) is 3.89. The molecule has 302 valence electrons. The average molecular weight is 821 g/mol. The maximum Gasteiger partial charge on any atom is 0.161 e. The summed E-state index contributed by atoms with van der Waals surface area (Å²) in [5.41, 5.74) is 15.3. The number of aromatic nitrogens is 4. The van der Waals surface area contributed by atoms with Gasteiger partial charge in [-0.05, 0) is 95.6 Å².